The maximum absolute atomic E-state index is 13.1. The number of carboxylic acids is 1. The molecule has 2 bridgehead atoms. The minimum Gasteiger partial charge on any atom is -0.480 e. The summed E-state index contributed by atoms with van der Waals surface area (Å²) in [6.45, 7) is -0.566. The molecule has 6 rings (SSSR count). The number of imide groups is 1. The Hall–Kier alpha value is -1.91. The minimum atomic E-state index is -1.17. The Labute approximate surface area is 193 Å². The van der Waals surface area contributed by atoms with E-state index in [1.807, 2.05) is 12.1 Å². The molecule has 1 aromatic heterocycles. The van der Waals surface area contributed by atoms with Gasteiger partial charge in [-0.1, -0.05) is 39.4 Å². The number of thioether (sulfide) groups is 1. The quantitative estimate of drug-likeness (QED) is 0.602. The highest BCUT2D eigenvalue weighted by Crippen LogP contribution is 2.68. The number of carbonyl (C=O) groups excluding carboxylic acids is 2. The van der Waals surface area contributed by atoms with Gasteiger partial charge in [-0.25, -0.2) is 0 Å². The average molecular weight is 521 g/mol. The molecule has 3 heterocycles. The van der Waals surface area contributed by atoms with Crippen molar-refractivity contribution in [1.29, 1.82) is 0 Å². The molecule has 1 saturated heterocycles. The molecule has 7 nitrogen and oxygen atoms in total. The van der Waals surface area contributed by atoms with Gasteiger partial charge < -0.3 is 10.1 Å². The molecule has 3 fully saturated rings. The highest BCUT2D eigenvalue weighted by atomic mass is 79.9. The molecule has 2 N–H and O–H groups in total. The van der Waals surface area contributed by atoms with Crippen molar-refractivity contribution in [3.8, 4) is 0 Å². The van der Waals surface area contributed by atoms with Gasteiger partial charge in [-0.3, -0.25) is 24.1 Å². The first-order valence-electron chi connectivity index (χ1n) is 10.1. The summed E-state index contributed by atoms with van der Waals surface area (Å²) in [5.74, 6) is -2.63. The number of carbonyl (C=O) groups is 3. The van der Waals surface area contributed by atoms with E-state index in [2.05, 4.69) is 33.0 Å². The predicted octanol–water partition coefficient (Wildman–Crippen LogP) is 2.76. The number of thiazole rings is 1. The topological polar surface area (TPSA) is 108 Å². The molecule has 0 radical (unpaired) electrons. The van der Waals surface area contributed by atoms with Crippen molar-refractivity contribution in [2.24, 2.45) is 29.6 Å². The van der Waals surface area contributed by atoms with Crippen LogP contribution in [0.5, 0.6) is 0 Å². The molecule has 4 aliphatic rings. The third-order valence-corrected chi connectivity index (χ3v) is 10.5. The largest absolute Gasteiger partial charge is 0.480 e. The molecule has 1 aromatic carbocycles. The number of nitrogens with one attached hydrogen (secondary N) is 1. The lowest BCUT2D eigenvalue weighted by Gasteiger charge is -2.43. The maximum Gasteiger partial charge on any atom is 0.323 e. The lowest BCUT2D eigenvalue weighted by Crippen LogP contribution is -2.42. The fraction of sp³-hybridized carbons (Fsp3) is 0.429. The van der Waals surface area contributed by atoms with Crippen molar-refractivity contribution >= 4 is 56.8 Å². The number of aromatic nitrogens is 1. The van der Waals surface area contributed by atoms with E-state index in [1.165, 1.54) is 11.3 Å². The molecular formula is C21H17BrN2O5S2. The molecule has 10 heteroatoms. The van der Waals surface area contributed by atoms with Crippen molar-refractivity contribution in [2.75, 3.05) is 6.54 Å². The van der Waals surface area contributed by atoms with Crippen LogP contribution in [0.2, 0.25) is 0 Å². The molecular weight excluding hydrogens is 504 g/mol. The van der Waals surface area contributed by atoms with Gasteiger partial charge in [-0.05, 0) is 41.9 Å². The summed E-state index contributed by atoms with van der Waals surface area (Å²) in [7, 11) is 0. The number of benzene rings is 1. The Morgan fingerprint density at radius 3 is 2.48 bits per heavy atom. The normalized spacial score (nSPS) is 35.3. The Balaban J connectivity index is 1.45. The third kappa shape index (κ3) is 2.70. The van der Waals surface area contributed by atoms with Crippen LogP contribution in [0.15, 0.2) is 38.6 Å². The number of rotatable bonds is 3. The Kier molecular flexibility index (Phi) is 4.33. The van der Waals surface area contributed by atoms with Crippen LogP contribution in [0.3, 0.4) is 0 Å². The van der Waals surface area contributed by atoms with E-state index in [9.17, 15) is 19.2 Å². The van der Waals surface area contributed by atoms with E-state index in [0.717, 1.165) is 31.3 Å². The fourth-order valence-corrected chi connectivity index (χ4v) is 9.57. The second-order valence-corrected chi connectivity index (χ2v) is 11.8. The molecule has 0 spiro atoms. The first-order chi connectivity index (χ1) is 14.8. The van der Waals surface area contributed by atoms with Crippen LogP contribution in [0.1, 0.15) is 22.8 Å². The molecule has 0 unspecified atom stereocenters. The number of H-pyrrole nitrogens is 1. The average Bonchev–Trinajstić information content (AvgIpc) is 3.44. The van der Waals surface area contributed by atoms with Gasteiger partial charge in [-0.15, -0.1) is 11.8 Å². The van der Waals surface area contributed by atoms with Gasteiger partial charge in [-0.2, -0.15) is 0 Å². The van der Waals surface area contributed by atoms with Crippen LogP contribution < -0.4 is 4.87 Å². The summed E-state index contributed by atoms with van der Waals surface area (Å²) in [6.07, 6.45) is 0.794. The number of hydrogen-bond donors (Lipinski definition) is 2. The SMILES string of the molecule is O=C(O)CN1C(=O)[C@@H]2[C@H]3C[C@@H]([C@@H]2C1=O)[C@@H]1[C@H](c2ccc(Br)cc2)c2sc(=O)[nH]c2S[C@@H]31. The standard InChI is InChI=1S/C21H17BrN2O5S2/c22-8-3-1-7(2-4-8)12-13-9-5-10(16(13)30-18-17(12)31-21(29)23-18)15-14(9)19(27)24(20(15)28)6-11(25)26/h1-4,9-10,12-16H,5-6H2,(H,23,29)(H,25,26)/t9-,10-,12+,13-,14+,15-,16+/m1/s1. The number of aromatic amines is 1. The van der Waals surface area contributed by atoms with Gasteiger partial charge in [0.05, 0.1) is 16.9 Å². The third-order valence-electron chi connectivity index (χ3n) is 7.34. The van der Waals surface area contributed by atoms with Crippen LogP contribution in [0.25, 0.3) is 0 Å². The first kappa shape index (κ1) is 19.8. The van der Waals surface area contributed by atoms with E-state index in [1.54, 1.807) is 11.8 Å². The summed E-state index contributed by atoms with van der Waals surface area (Å²) >= 11 is 6.33. The van der Waals surface area contributed by atoms with Crippen molar-refractivity contribution in [3.63, 3.8) is 0 Å². The summed E-state index contributed by atoms with van der Waals surface area (Å²) in [5, 5.41) is 10.1. The van der Waals surface area contributed by atoms with Gasteiger partial charge in [0.1, 0.15) is 6.54 Å². The lowest BCUT2D eigenvalue weighted by atomic mass is 9.68. The summed E-state index contributed by atoms with van der Waals surface area (Å²) in [4.78, 5) is 54.4. The van der Waals surface area contributed by atoms with Crippen molar-refractivity contribution < 1.29 is 19.5 Å². The van der Waals surface area contributed by atoms with Crippen LogP contribution >= 0.6 is 39.0 Å². The zero-order chi connectivity index (χ0) is 21.6. The summed E-state index contributed by atoms with van der Waals surface area (Å²) in [5.41, 5.74) is 1.10. The van der Waals surface area contributed by atoms with E-state index >= 15 is 0 Å². The van der Waals surface area contributed by atoms with E-state index < -0.39 is 24.3 Å². The van der Waals surface area contributed by atoms with Crippen LogP contribution in [0, 0.1) is 29.6 Å². The molecule has 2 aliphatic carbocycles. The molecule has 2 saturated carbocycles. The number of likely N-dealkylation sites (tertiary alicyclic amines) is 1. The zero-order valence-electron chi connectivity index (χ0n) is 16.0. The Morgan fingerprint density at radius 1 is 1.13 bits per heavy atom. The fourth-order valence-electron chi connectivity index (χ4n) is 6.41. The monoisotopic (exact) mass is 520 g/mol. The van der Waals surface area contributed by atoms with Crippen LogP contribution in [-0.2, 0) is 14.4 Å². The zero-order valence-corrected chi connectivity index (χ0v) is 19.2. The predicted molar refractivity (Wildman–Crippen MR) is 117 cm³/mol. The lowest BCUT2D eigenvalue weighted by molar-refractivity contribution is -0.149. The van der Waals surface area contributed by atoms with Crippen LogP contribution in [0.4, 0.5) is 0 Å². The molecule has 31 heavy (non-hydrogen) atoms. The number of fused-ring (bicyclic) bond motifs is 9. The van der Waals surface area contributed by atoms with Gasteiger partial charge in [0.15, 0.2) is 0 Å². The molecule has 160 valence electrons. The van der Waals surface area contributed by atoms with Crippen molar-refractivity contribution in [1.82, 2.24) is 9.88 Å². The van der Waals surface area contributed by atoms with E-state index in [-0.39, 0.29) is 45.6 Å². The summed E-state index contributed by atoms with van der Waals surface area (Å²) in [6, 6.07) is 8.07. The molecule has 7 atom stereocenters. The number of hydrogen-bond acceptors (Lipinski definition) is 6. The maximum atomic E-state index is 13.1. The van der Waals surface area contributed by atoms with Crippen LogP contribution in [-0.4, -0.2) is 44.6 Å². The van der Waals surface area contributed by atoms with E-state index in [4.69, 9.17) is 5.11 Å². The number of nitrogens with zero attached hydrogens (tertiary/aromatic N) is 1. The second kappa shape index (κ2) is 6.79. The first-order valence-corrected chi connectivity index (χ1v) is 12.6. The van der Waals surface area contributed by atoms with Gasteiger partial charge in [0.25, 0.3) is 0 Å². The Morgan fingerprint density at radius 2 is 1.81 bits per heavy atom. The second-order valence-electron chi connectivity index (χ2n) is 8.67. The highest BCUT2D eigenvalue weighted by molar-refractivity contribution is 9.10. The minimum absolute atomic E-state index is 0.00161. The Bertz CT molecular complexity index is 1190. The number of aliphatic carboxylic acids is 1. The number of amides is 2. The molecule has 2 amide bonds. The van der Waals surface area contributed by atoms with E-state index in [0.29, 0.717) is 0 Å². The van der Waals surface area contributed by atoms with Crippen molar-refractivity contribution in [3.05, 3.63) is 48.8 Å². The highest BCUT2D eigenvalue weighted by Gasteiger charge is 2.69. The number of halogens is 1. The molecule has 2 aromatic rings. The van der Waals surface area contributed by atoms with Gasteiger partial charge in [0.2, 0.25) is 11.8 Å². The smallest absolute Gasteiger partial charge is 0.323 e. The van der Waals surface area contributed by atoms with Crippen molar-refractivity contribution in [2.45, 2.75) is 22.6 Å². The summed E-state index contributed by atoms with van der Waals surface area (Å²) < 4.78 is 0.967. The van der Waals surface area contributed by atoms with Gasteiger partial charge >= 0.3 is 10.8 Å². The molecule has 2 aliphatic heterocycles. The number of carboxylic acid groups (broad SMARTS) is 1. The van der Waals surface area contributed by atoms with Gasteiger partial charge in [0, 0.05) is 20.5 Å².